The lowest BCUT2D eigenvalue weighted by Gasteiger charge is -2.13. The molecule has 0 aromatic heterocycles. The van der Waals surface area contributed by atoms with Crippen LogP contribution in [-0.2, 0) is 14.8 Å². The second kappa shape index (κ2) is 9.43. The first-order valence-corrected chi connectivity index (χ1v) is 10.7. The molecule has 0 atom stereocenters. The fraction of sp³-hybridized carbons (Fsp3) is 0.0476. The lowest BCUT2D eigenvalue weighted by atomic mass is 10.1. The Morgan fingerprint density at radius 2 is 1.47 bits per heavy atom. The average Bonchev–Trinajstić information content (AvgIpc) is 2.73. The van der Waals surface area contributed by atoms with Crippen molar-refractivity contribution in [3.8, 4) is 0 Å². The second-order valence-corrected chi connectivity index (χ2v) is 8.32. The van der Waals surface area contributed by atoms with E-state index in [0.717, 1.165) is 0 Å². The summed E-state index contributed by atoms with van der Waals surface area (Å²) in [5, 5.41) is 5.55. The van der Waals surface area contributed by atoms with Gasteiger partial charge in [0.15, 0.2) is 0 Å². The molecule has 2 amide bonds. The molecule has 7 nitrogen and oxygen atoms in total. The van der Waals surface area contributed by atoms with Crippen LogP contribution in [0.15, 0.2) is 83.8 Å². The Kier molecular flexibility index (Phi) is 6.71. The number of benzene rings is 3. The van der Waals surface area contributed by atoms with Crippen molar-refractivity contribution in [1.82, 2.24) is 5.32 Å². The Labute approximate surface area is 179 Å². The third-order valence-electron chi connectivity index (χ3n) is 4.01. The summed E-state index contributed by atoms with van der Waals surface area (Å²) in [5.74, 6) is -0.999. The first-order valence-electron chi connectivity index (χ1n) is 8.86. The fourth-order valence-corrected chi connectivity index (χ4v) is 3.78. The zero-order valence-corrected chi connectivity index (χ0v) is 17.2. The molecule has 0 aliphatic carbocycles. The Balaban J connectivity index is 1.69. The van der Waals surface area contributed by atoms with Gasteiger partial charge < -0.3 is 10.6 Å². The molecule has 3 rings (SSSR count). The zero-order valence-electron chi connectivity index (χ0n) is 15.6. The van der Waals surface area contributed by atoms with Gasteiger partial charge in [0.05, 0.1) is 22.7 Å². The maximum absolute atomic E-state index is 12.6. The van der Waals surface area contributed by atoms with Crippen molar-refractivity contribution < 1.29 is 18.0 Å². The van der Waals surface area contributed by atoms with Crippen LogP contribution in [0.1, 0.15) is 10.4 Å². The van der Waals surface area contributed by atoms with Crippen LogP contribution in [-0.4, -0.2) is 26.8 Å². The zero-order chi connectivity index (χ0) is 21.6. The normalized spacial score (nSPS) is 10.8. The molecule has 3 aromatic rings. The molecule has 0 saturated carbocycles. The molecule has 0 heterocycles. The van der Waals surface area contributed by atoms with E-state index in [-0.39, 0.29) is 22.7 Å². The number of carbonyl (C=O) groups excluding carboxylic acids is 2. The van der Waals surface area contributed by atoms with Crippen LogP contribution in [0.5, 0.6) is 0 Å². The Morgan fingerprint density at radius 1 is 0.833 bits per heavy atom. The third kappa shape index (κ3) is 5.59. The maximum Gasteiger partial charge on any atom is 0.261 e. The van der Waals surface area contributed by atoms with Crippen LogP contribution in [0, 0.1) is 0 Å². The standard InChI is InChI=1S/C21H18ClN3O4S/c22-15-10-12-17(13-11-15)30(28,29)25-19-9-5-4-8-18(19)21(27)23-14-20(26)24-16-6-2-1-3-7-16/h1-13,25H,14H2,(H,23,27)(H,24,26). The summed E-state index contributed by atoms with van der Waals surface area (Å²) in [6.07, 6.45) is 0. The highest BCUT2D eigenvalue weighted by molar-refractivity contribution is 7.92. The summed E-state index contributed by atoms with van der Waals surface area (Å²) in [6, 6.07) is 20.6. The average molecular weight is 444 g/mol. The molecule has 0 aliphatic heterocycles. The first kappa shape index (κ1) is 21.4. The molecule has 154 valence electrons. The molecule has 0 fully saturated rings. The number of rotatable bonds is 7. The van der Waals surface area contributed by atoms with Crippen LogP contribution in [0.25, 0.3) is 0 Å². The van der Waals surface area contributed by atoms with Gasteiger partial charge in [-0.25, -0.2) is 8.42 Å². The monoisotopic (exact) mass is 443 g/mol. The predicted octanol–water partition coefficient (Wildman–Crippen LogP) is 3.51. The molecule has 0 saturated heterocycles. The highest BCUT2D eigenvalue weighted by Crippen LogP contribution is 2.21. The molecule has 30 heavy (non-hydrogen) atoms. The van der Waals surface area contributed by atoms with E-state index in [9.17, 15) is 18.0 Å². The van der Waals surface area contributed by atoms with E-state index in [1.165, 1.54) is 36.4 Å². The van der Waals surface area contributed by atoms with Gasteiger partial charge in [-0.05, 0) is 48.5 Å². The quantitative estimate of drug-likeness (QED) is 0.519. The number of anilines is 2. The van der Waals surface area contributed by atoms with Crippen LogP contribution < -0.4 is 15.4 Å². The number of sulfonamides is 1. The molecule has 0 unspecified atom stereocenters. The highest BCUT2D eigenvalue weighted by Gasteiger charge is 2.19. The van der Waals surface area contributed by atoms with E-state index >= 15 is 0 Å². The molecule has 0 aliphatic rings. The van der Waals surface area contributed by atoms with Crippen molar-refractivity contribution in [2.24, 2.45) is 0 Å². The number of halogens is 1. The van der Waals surface area contributed by atoms with Crippen LogP contribution in [0.4, 0.5) is 11.4 Å². The van der Waals surface area contributed by atoms with Gasteiger partial charge in [0.25, 0.3) is 15.9 Å². The van der Waals surface area contributed by atoms with Crippen molar-refractivity contribution in [2.75, 3.05) is 16.6 Å². The van der Waals surface area contributed by atoms with Crippen molar-refractivity contribution in [2.45, 2.75) is 4.90 Å². The second-order valence-electron chi connectivity index (χ2n) is 6.20. The summed E-state index contributed by atoms with van der Waals surface area (Å²) < 4.78 is 27.6. The van der Waals surface area contributed by atoms with E-state index in [1.54, 1.807) is 36.4 Å². The minimum atomic E-state index is -3.93. The van der Waals surface area contributed by atoms with E-state index < -0.39 is 21.8 Å². The van der Waals surface area contributed by atoms with E-state index in [2.05, 4.69) is 15.4 Å². The lowest BCUT2D eigenvalue weighted by Crippen LogP contribution is -2.33. The number of nitrogens with one attached hydrogen (secondary N) is 3. The first-order chi connectivity index (χ1) is 14.3. The Hall–Kier alpha value is -3.36. The van der Waals surface area contributed by atoms with Gasteiger partial charge in [0.2, 0.25) is 5.91 Å². The number of hydrogen-bond donors (Lipinski definition) is 3. The molecule has 9 heteroatoms. The van der Waals surface area contributed by atoms with Crippen molar-refractivity contribution in [3.05, 3.63) is 89.4 Å². The molecule has 3 N–H and O–H groups in total. The summed E-state index contributed by atoms with van der Waals surface area (Å²) in [7, 11) is -3.93. The Morgan fingerprint density at radius 3 is 2.17 bits per heavy atom. The van der Waals surface area contributed by atoms with Gasteiger partial charge in [-0.3, -0.25) is 14.3 Å². The van der Waals surface area contributed by atoms with Gasteiger partial charge in [-0.2, -0.15) is 0 Å². The minimum absolute atomic E-state index is 0.00403. The highest BCUT2D eigenvalue weighted by atomic mass is 35.5. The number of carbonyl (C=O) groups is 2. The number of para-hydroxylation sites is 2. The maximum atomic E-state index is 12.6. The van der Waals surface area contributed by atoms with Crippen LogP contribution >= 0.6 is 11.6 Å². The number of amides is 2. The SMILES string of the molecule is O=C(CNC(=O)c1ccccc1NS(=O)(=O)c1ccc(Cl)cc1)Nc1ccccc1. The van der Waals surface area contributed by atoms with Gasteiger partial charge in [0, 0.05) is 10.7 Å². The summed E-state index contributed by atoms with van der Waals surface area (Å²) in [6.45, 7) is -0.272. The molecule has 0 spiro atoms. The van der Waals surface area contributed by atoms with Crippen molar-refractivity contribution in [1.29, 1.82) is 0 Å². The summed E-state index contributed by atoms with van der Waals surface area (Å²) in [4.78, 5) is 24.6. The molecular formula is C21H18ClN3O4S. The summed E-state index contributed by atoms with van der Waals surface area (Å²) in [5.41, 5.74) is 0.781. The Bertz CT molecular complexity index is 1150. The van der Waals surface area contributed by atoms with E-state index in [4.69, 9.17) is 11.6 Å². The molecular weight excluding hydrogens is 426 g/mol. The lowest BCUT2D eigenvalue weighted by molar-refractivity contribution is -0.115. The number of hydrogen-bond acceptors (Lipinski definition) is 4. The smallest absolute Gasteiger partial charge is 0.261 e. The minimum Gasteiger partial charge on any atom is -0.343 e. The largest absolute Gasteiger partial charge is 0.343 e. The molecule has 0 bridgehead atoms. The van der Waals surface area contributed by atoms with E-state index in [1.807, 2.05) is 6.07 Å². The van der Waals surface area contributed by atoms with Gasteiger partial charge in [-0.15, -0.1) is 0 Å². The summed E-state index contributed by atoms with van der Waals surface area (Å²) >= 11 is 5.80. The van der Waals surface area contributed by atoms with Crippen LogP contribution in [0.2, 0.25) is 5.02 Å². The van der Waals surface area contributed by atoms with Gasteiger partial charge in [0.1, 0.15) is 0 Å². The van der Waals surface area contributed by atoms with E-state index in [0.29, 0.717) is 10.7 Å². The van der Waals surface area contributed by atoms with Crippen molar-refractivity contribution >= 4 is 44.8 Å². The van der Waals surface area contributed by atoms with Gasteiger partial charge in [-0.1, -0.05) is 41.9 Å². The van der Waals surface area contributed by atoms with Crippen LogP contribution in [0.3, 0.4) is 0 Å². The third-order valence-corrected chi connectivity index (χ3v) is 5.64. The molecule has 3 aromatic carbocycles. The predicted molar refractivity (Wildman–Crippen MR) is 116 cm³/mol. The fourth-order valence-electron chi connectivity index (χ4n) is 2.57. The van der Waals surface area contributed by atoms with Gasteiger partial charge >= 0.3 is 0 Å². The van der Waals surface area contributed by atoms with Crippen molar-refractivity contribution in [3.63, 3.8) is 0 Å². The topological polar surface area (TPSA) is 104 Å². The molecule has 0 radical (unpaired) electrons.